The van der Waals surface area contributed by atoms with E-state index in [0.29, 0.717) is 12.6 Å². The molecule has 0 bridgehead atoms. The maximum atomic E-state index is 5.89. The number of rotatable bonds is 7. The van der Waals surface area contributed by atoms with Gasteiger partial charge in [-0.3, -0.25) is 4.68 Å². The minimum atomic E-state index is 0.525. The molecule has 4 heteroatoms. The number of aromatic nitrogens is 2. The maximum Gasteiger partial charge on any atom is 0.131 e. The number of aryl methyl sites for hydroxylation is 2. The lowest BCUT2D eigenvalue weighted by atomic mass is 10.1. The van der Waals surface area contributed by atoms with Crippen molar-refractivity contribution in [3.05, 3.63) is 11.3 Å². The van der Waals surface area contributed by atoms with Gasteiger partial charge in [-0.15, -0.1) is 0 Å². The average molecular weight is 252 g/mol. The Bertz CT molecular complexity index is 370. The van der Waals surface area contributed by atoms with Crippen LogP contribution in [0.1, 0.15) is 51.3 Å². The average Bonchev–Trinajstić information content (AvgIpc) is 2.64. The molecule has 0 aliphatic carbocycles. The molecular weight excluding hydrogens is 224 g/mol. The third kappa shape index (κ3) is 3.05. The molecule has 0 aliphatic rings. The summed E-state index contributed by atoms with van der Waals surface area (Å²) >= 11 is 0. The molecule has 18 heavy (non-hydrogen) atoms. The van der Waals surface area contributed by atoms with Gasteiger partial charge in [-0.2, -0.15) is 5.10 Å². The summed E-state index contributed by atoms with van der Waals surface area (Å²) < 4.78 is 1.99. The van der Waals surface area contributed by atoms with Gasteiger partial charge in [0.2, 0.25) is 0 Å². The molecule has 2 N–H and O–H groups in total. The Labute approximate surface area is 111 Å². The smallest absolute Gasteiger partial charge is 0.131 e. The van der Waals surface area contributed by atoms with Crippen LogP contribution >= 0.6 is 0 Å². The van der Waals surface area contributed by atoms with Crippen molar-refractivity contribution in [2.45, 2.75) is 59.5 Å². The Balaban J connectivity index is 3.11. The van der Waals surface area contributed by atoms with Crippen LogP contribution in [0.2, 0.25) is 0 Å². The summed E-state index contributed by atoms with van der Waals surface area (Å²) in [5, 5.41) is 4.52. The van der Waals surface area contributed by atoms with Gasteiger partial charge in [0.05, 0.1) is 5.69 Å². The van der Waals surface area contributed by atoms with Crippen LogP contribution in [-0.4, -0.2) is 22.4 Å². The van der Waals surface area contributed by atoms with Crippen LogP contribution < -0.4 is 10.6 Å². The van der Waals surface area contributed by atoms with Crippen molar-refractivity contribution in [2.24, 2.45) is 12.8 Å². The molecule has 0 spiro atoms. The SMILES string of the molecule is CCCCN(c1c(CN)c(C)nn1C)C(C)CC. The molecule has 1 atom stereocenters. The Morgan fingerprint density at radius 2 is 2.06 bits per heavy atom. The first kappa shape index (κ1) is 15.0. The molecule has 4 nitrogen and oxygen atoms in total. The van der Waals surface area contributed by atoms with E-state index >= 15 is 0 Å². The van der Waals surface area contributed by atoms with Crippen molar-refractivity contribution in [2.75, 3.05) is 11.4 Å². The monoisotopic (exact) mass is 252 g/mol. The standard InChI is InChI=1S/C14H28N4/c1-6-8-9-18(11(3)7-2)14-13(10-15)12(4)16-17(14)5/h11H,6-10,15H2,1-5H3. The summed E-state index contributed by atoms with van der Waals surface area (Å²) in [7, 11) is 2.02. The maximum absolute atomic E-state index is 5.89. The molecule has 1 heterocycles. The van der Waals surface area contributed by atoms with E-state index in [1.807, 2.05) is 18.7 Å². The van der Waals surface area contributed by atoms with Gasteiger partial charge < -0.3 is 10.6 Å². The first-order valence-electron chi connectivity index (χ1n) is 7.05. The van der Waals surface area contributed by atoms with Crippen molar-refractivity contribution < 1.29 is 0 Å². The lowest BCUT2D eigenvalue weighted by molar-refractivity contribution is 0.570. The summed E-state index contributed by atoms with van der Waals surface area (Å²) in [6.45, 7) is 10.4. The van der Waals surface area contributed by atoms with Crippen molar-refractivity contribution in [3.8, 4) is 0 Å². The van der Waals surface area contributed by atoms with Crippen LogP contribution in [-0.2, 0) is 13.6 Å². The molecule has 0 aliphatic heterocycles. The first-order valence-corrected chi connectivity index (χ1v) is 7.05. The van der Waals surface area contributed by atoms with E-state index in [9.17, 15) is 0 Å². The third-order valence-corrected chi connectivity index (χ3v) is 3.66. The lowest BCUT2D eigenvalue weighted by Crippen LogP contribution is -2.36. The number of nitrogens with two attached hydrogens (primary N) is 1. The zero-order valence-electron chi connectivity index (χ0n) is 12.5. The van der Waals surface area contributed by atoms with Crippen molar-refractivity contribution in [1.29, 1.82) is 0 Å². The summed E-state index contributed by atoms with van der Waals surface area (Å²) in [4.78, 5) is 2.46. The number of hydrogen-bond acceptors (Lipinski definition) is 3. The van der Waals surface area contributed by atoms with Gasteiger partial charge in [-0.05, 0) is 26.7 Å². The molecule has 0 fully saturated rings. The highest BCUT2D eigenvalue weighted by Crippen LogP contribution is 2.25. The zero-order valence-corrected chi connectivity index (χ0v) is 12.5. The van der Waals surface area contributed by atoms with E-state index in [4.69, 9.17) is 5.73 Å². The first-order chi connectivity index (χ1) is 8.56. The van der Waals surface area contributed by atoms with E-state index in [1.54, 1.807) is 0 Å². The summed E-state index contributed by atoms with van der Waals surface area (Å²) in [6.07, 6.45) is 3.55. The molecular formula is C14H28N4. The Kier molecular flexibility index (Phi) is 5.66. The number of hydrogen-bond donors (Lipinski definition) is 1. The second kappa shape index (κ2) is 6.78. The molecule has 104 valence electrons. The molecule has 0 amide bonds. The molecule has 1 unspecified atom stereocenters. The van der Waals surface area contributed by atoms with Crippen LogP contribution in [0.25, 0.3) is 0 Å². The van der Waals surface area contributed by atoms with E-state index in [1.165, 1.54) is 24.2 Å². The van der Waals surface area contributed by atoms with Gasteiger partial charge in [-0.1, -0.05) is 20.3 Å². The minimum Gasteiger partial charge on any atom is -0.354 e. The van der Waals surface area contributed by atoms with Crippen molar-refractivity contribution in [3.63, 3.8) is 0 Å². The third-order valence-electron chi connectivity index (χ3n) is 3.66. The van der Waals surface area contributed by atoms with E-state index < -0.39 is 0 Å². The number of unbranched alkanes of at least 4 members (excludes halogenated alkanes) is 1. The fourth-order valence-electron chi connectivity index (χ4n) is 2.37. The Hall–Kier alpha value is -1.03. The highest BCUT2D eigenvalue weighted by Gasteiger charge is 2.21. The second-order valence-corrected chi connectivity index (χ2v) is 5.02. The van der Waals surface area contributed by atoms with Gasteiger partial charge in [-0.25, -0.2) is 0 Å². The van der Waals surface area contributed by atoms with Gasteiger partial charge >= 0.3 is 0 Å². The van der Waals surface area contributed by atoms with Crippen LogP contribution in [0.4, 0.5) is 5.82 Å². The summed E-state index contributed by atoms with van der Waals surface area (Å²) in [6, 6.07) is 0.525. The number of nitrogens with zero attached hydrogens (tertiary/aromatic N) is 3. The predicted octanol–water partition coefficient (Wildman–Crippen LogP) is 2.59. The van der Waals surface area contributed by atoms with E-state index in [0.717, 1.165) is 18.7 Å². The molecule has 1 rings (SSSR count). The van der Waals surface area contributed by atoms with Crippen LogP contribution in [0.5, 0.6) is 0 Å². The lowest BCUT2D eigenvalue weighted by Gasteiger charge is -2.31. The topological polar surface area (TPSA) is 47.1 Å². The molecule has 0 radical (unpaired) electrons. The van der Waals surface area contributed by atoms with Gasteiger partial charge in [0, 0.05) is 31.7 Å². The predicted molar refractivity (Wildman–Crippen MR) is 77.8 cm³/mol. The van der Waals surface area contributed by atoms with E-state index in [2.05, 4.69) is 30.8 Å². The normalized spacial score (nSPS) is 12.8. The fourth-order valence-corrected chi connectivity index (χ4v) is 2.37. The van der Waals surface area contributed by atoms with Crippen molar-refractivity contribution >= 4 is 5.82 Å². The van der Waals surface area contributed by atoms with Gasteiger partial charge in [0.15, 0.2) is 0 Å². The molecule has 0 saturated carbocycles. The summed E-state index contributed by atoms with van der Waals surface area (Å²) in [5.41, 5.74) is 8.14. The Morgan fingerprint density at radius 3 is 2.56 bits per heavy atom. The largest absolute Gasteiger partial charge is 0.354 e. The highest BCUT2D eigenvalue weighted by molar-refractivity contribution is 5.50. The van der Waals surface area contributed by atoms with Crippen molar-refractivity contribution in [1.82, 2.24) is 9.78 Å². The van der Waals surface area contributed by atoms with Gasteiger partial charge in [0.1, 0.15) is 5.82 Å². The van der Waals surface area contributed by atoms with Crippen LogP contribution in [0, 0.1) is 6.92 Å². The molecule has 0 aromatic carbocycles. The van der Waals surface area contributed by atoms with Crippen LogP contribution in [0.3, 0.4) is 0 Å². The Morgan fingerprint density at radius 1 is 1.39 bits per heavy atom. The highest BCUT2D eigenvalue weighted by atomic mass is 15.4. The van der Waals surface area contributed by atoms with Gasteiger partial charge in [0.25, 0.3) is 0 Å². The molecule has 1 aromatic heterocycles. The molecule has 0 saturated heterocycles. The zero-order chi connectivity index (χ0) is 13.7. The van der Waals surface area contributed by atoms with Crippen LogP contribution in [0.15, 0.2) is 0 Å². The fraction of sp³-hybridized carbons (Fsp3) is 0.786. The van der Waals surface area contributed by atoms with E-state index in [-0.39, 0.29) is 0 Å². The minimum absolute atomic E-state index is 0.525. The number of anilines is 1. The summed E-state index contributed by atoms with van der Waals surface area (Å²) in [5.74, 6) is 1.21. The molecule has 1 aromatic rings. The second-order valence-electron chi connectivity index (χ2n) is 5.02. The quantitative estimate of drug-likeness (QED) is 0.811.